The number of benzene rings is 1. The second-order valence-electron chi connectivity index (χ2n) is 4.62. The molecule has 7 heteroatoms. The van der Waals surface area contributed by atoms with Crippen LogP contribution in [0.15, 0.2) is 55.1 Å². The van der Waals surface area contributed by atoms with Gasteiger partial charge in [-0.15, -0.1) is 0 Å². The van der Waals surface area contributed by atoms with E-state index in [1.807, 2.05) is 6.92 Å². The summed E-state index contributed by atoms with van der Waals surface area (Å²) in [6.45, 7) is 2.50. The molecular formula is C16H15N5O2. The zero-order chi connectivity index (χ0) is 16.1. The number of anilines is 1. The van der Waals surface area contributed by atoms with Crippen molar-refractivity contribution in [1.29, 1.82) is 0 Å². The van der Waals surface area contributed by atoms with Crippen LogP contribution in [0.4, 0.5) is 5.82 Å². The molecule has 7 nitrogen and oxygen atoms in total. The maximum Gasteiger partial charge on any atom is 0.256 e. The Hall–Kier alpha value is -3.22. The maximum absolute atomic E-state index is 12.2. The number of hydrogen-bond acceptors (Lipinski definition) is 5. The Balaban J connectivity index is 1.73. The van der Waals surface area contributed by atoms with Crippen LogP contribution in [0.5, 0.6) is 5.75 Å². The second-order valence-corrected chi connectivity index (χ2v) is 4.62. The lowest BCUT2D eigenvalue weighted by Crippen LogP contribution is -2.13. The molecule has 3 aromatic rings. The van der Waals surface area contributed by atoms with Crippen LogP contribution in [0, 0.1) is 0 Å². The van der Waals surface area contributed by atoms with E-state index >= 15 is 0 Å². The third-order valence-corrected chi connectivity index (χ3v) is 3.06. The van der Waals surface area contributed by atoms with Crippen LogP contribution in [-0.2, 0) is 0 Å². The molecule has 0 aliphatic carbocycles. The lowest BCUT2D eigenvalue weighted by molar-refractivity contribution is 0.102. The monoisotopic (exact) mass is 309 g/mol. The molecule has 2 heterocycles. The standard InChI is InChI=1S/C16H15N5O2/c1-2-23-13-6-4-12(5-7-13)16(22)20-14-10-15(18-11-17-14)21-9-3-8-19-21/h3-11H,2H2,1H3,(H,17,18,20,22). The minimum absolute atomic E-state index is 0.252. The lowest BCUT2D eigenvalue weighted by Gasteiger charge is -2.07. The van der Waals surface area contributed by atoms with Gasteiger partial charge < -0.3 is 10.1 Å². The minimum atomic E-state index is -0.252. The molecule has 0 radical (unpaired) electrons. The number of nitrogens with zero attached hydrogens (tertiary/aromatic N) is 4. The van der Waals surface area contributed by atoms with Gasteiger partial charge in [0.2, 0.25) is 0 Å². The number of hydrogen-bond donors (Lipinski definition) is 1. The molecule has 0 aliphatic rings. The van der Waals surface area contributed by atoms with E-state index in [9.17, 15) is 4.79 Å². The molecule has 2 aromatic heterocycles. The molecule has 0 saturated carbocycles. The van der Waals surface area contributed by atoms with Crippen LogP contribution in [0.1, 0.15) is 17.3 Å². The highest BCUT2D eigenvalue weighted by atomic mass is 16.5. The van der Waals surface area contributed by atoms with Crippen molar-refractivity contribution < 1.29 is 9.53 Å². The van der Waals surface area contributed by atoms with Crippen LogP contribution >= 0.6 is 0 Å². The highest BCUT2D eigenvalue weighted by molar-refractivity contribution is 6.03. The fourth-order valence-corrected chi connectivity index (χ4v) is 2.00. The summed E-state index contributed by atoms with van der Waals surface area (Å²) in [7, 11) is 0. The summed E-state index contributed by atoms with van der Waals surface area (Å²) in [5, 5.41) is 6.83. The summed E-state index contributed by atoms with van der Waals surface area (Å²) in [5.41, 5.74) is 0.521. The van der Waals surface area contributed by atoms with Gasteiger partial charge in [0, 0.05) is 24.0 Å². The largest absolute Gasteiger partial charge is 0.494 e. The van der Waals surface area contributed by atoms with Crippen molar-refractivity contribution in [1.82, 2.24) is 19.7 Å². The normalized spacial score (nSPS) is 10.3. The van der Waals surface area contributed by atoms with E-state index in [-0.39, 0.29) is 5.91 Å². The predicted octanol–water partition coefficient (Wildman–Crippen LogP) is 2.31. The predicted molar refractivity (Wildman–Crippen MR) is 84.7 cm³/mol. The van der Waals surface area contributed by atoms with Crippen LogP contribution in [0.2, 0.25) is 0 Å². The van der Waals surface area contributed by atoms with Gasteiger partial charge in [-0.1, -0.05) is 0 Å². The van der Waals surface area contributed by atoms with Crippen molar-refractivity contribution >= 4 is 11.7 Å². The molecule has 116 valence electrons. The Morgan fingerprint density at radius 2 is 2.09 bits per heavy atom. The second kappa shape index (κ2) is 6.69. The highest BCUT2D eigenvalue weighted by Gasteiger charge is 2.08. The fraction of sp³-hybridized carbons (Fsp3) is 0.125. The van der Waals surface area contributed by atoms with Gasteiger partial charge in [0.05, 0.1) is 6.61 Å². The average molecular weight is 309 g/mol. The Kier molecular flexibility index (Phi) is 4.28. The highest BCUT2D eigenvalue weighted by Crippen LogP contribution is 2.14. The van der Waals surface area contributed by atoms with E-state index in [2.05, 4.69) is 20.4 Å². The number of carbonyl (C=O) groups excluding carboxylic acids is 1. The molecule has 0 atom stereocenters. The smallest absolute Gasteiger partial charge is 0.256 e. The summed E-state index contributed by atoms with van der Waals surface area (Å²) in [5.74, 6) is 1.46. The van der Waals surface area contributed by atoms with Gasteiger partial charge in [-0.2, -0.15) is 5.10 Å². The minimum Gasteiger partial charge on any atom is -0.494 e. The van der Waals surface area contributed by atoms with Crippen molar-refractivity contribution in [2.24, 2.45) is 0 Å². The number of amides is 1. The summed E-state index contributed by atoms with van der Waals surface area (Å²) in [6, 6.07) is 10.4. The van der Waals surface area contributed by atoms with Crippen LogP contribution in [0.3, 0.4) is 0 Å². The van der Waals surface area contributed by atoms with Crippen molar-refractivity contribution in [3.63, 3.8) is 0 Å². The van der Waals surface area contributed by atoms with Crippen LogP contribution < -0.4 is 10.1 Å². The summed E-state index contributed by atoms with van der Waals surface area (Å²) >= 11 is 0. The van der Waals surface area contributed by atoms with Crippen molar-refractivity contribution in [3.05, 3.63) is 60.7 Å². The Bertz CT molecular complexity index is 784. The SMILES string of the molecule is CCOc1ccc(C(=O)Nc2cc(-n3cccn3)ncn2)cc1. The Morgan fingerprint density at radius 3 is 2.78 bits per heavy atom. The van der Waals surface area contributed by atoms with Crippen LogP contribution in [-0.4, -0.2) is 32.3 Å². The van der Waals surface area contributed by atoms with Gasteiger partial charge in [-0.3, -0.25) is 4.79 Å². The maximum atomic E-state index is 12.2. The summed E-state index contributed by atoms with van der Waals surface area (Å²) in [6.07, 6.45) is 4.80. The topological polar surface area (TPSA) is 81.9 Å². The lowest BCUT2D eigenvalue weighted by atomic mass is 10.2. The molecule has 0 aliphatic heterocycles. The van der Waals surface area contributed by atoms with Gasteiger partial charge in [-0.25, -0.2) is 14.6 Å². The third-order valence-electron chi connectivity index (χ3n) is 3.06. The van der Waals surface area contributed by atoms with E-state index in [0.29, 0.717) is 23.8 Å². The third kappa shape index (κ3) is 3.52. The van der Waals surface area contributed by atoms with Gasteiger partial charge in [0.15, 0.2) is 5.82 Å². The Labute approximate surface area is 133 Å². The van der Waals surface area contributed by atoms with E-state index < -0.39 is 0 Å². The molecule has 0 saturated heterocycles. The molecule has 3 rings (SSSR count). The first kappa shape index (κ1) is 14.7. The first-order chi connectivity index (χ1) is 11.3. The van der Waals surface area contributed by atoms with Gasteiger partial charge >= 0.3 is 0 Å². The first-order valence-electron chi connectivity index (χ1n) is 7.12. The first-order valence-corrected chi connectivity index (χ1v) is 7.12. The van der Waals surface area contributed by atoms with E-state index in [4.69, 9.17) is 4.74 Å². The van der Waals surface area contributed by atoms with E-state index in [0.717, 1.165) is 5.75 Å². The molecule has 0 unspecified atom stereocenters. The quantitative estimate of drug-likeness (QED) is 0.782. The van der Waals surface area contributed by atoms with E-state index in [1.165, 1.54) is 6.33 Å². The zero-order valence-corrected chi connectivity index (χ0v) is 12.5. The van der Waals surface area contributed by atoms with Crippen molar-refractivity contribution in [2.75, 3.05) is 11.9 Å². The van der Waals surface area contributed by atoms with E-state index in [1.54, 1.807) is 53.5 Å². The van der Waals surface area contributed by atoms with Gasteiger partial charge in [0.25, 0.3) is 5.91 Å². The fourth-order valence-electron chi connectivity index (χ4n) is 2.00. The van der Waals surface area contributed by atoms with Gasteiger partial charge in [0.1, 0.15) is 17.9 Å². The van der Waals surface area contributed by atoms with Crippen molar-refractivity contribution in [2.45, 2.75) is 6.92 Å². The molecule has 1 N–H and O–H groups in total. The molecule has 23 heavy (non-hydrogen) atoms. The number of carbonyl (C=O) groups is 1. The number of aromatic nitrogens is 4. The van der Waals surface area contributed by atoms with Crippen molar-refractivity contribution in [3.8, 4) is 11.6 Å². The molecule has 1 amide bonds. The molecule has 0 fully saturated rings. The molecule has 0 spiro atoms. The summed E-state index contributed by atoms with van der Waals surface area (Å²) < 4.78 is 6.95. The van der Waals surface area contributed by atoms with Gasteiger partial charge in [-0.05, 0) is 37.3 Å². The average Bonchev–Trinajstić information content (AvgIpc) is 3.11. The summed E-state index contributed by atoms with van der Waals surface area (Å²) in [4.78, 5) is 20.4. The molecule has 1 aromatic carbocycles. The molecular weight excluding hydrogens is 294 g/mol. The number of nitrogens with one attached hydrogen (secondary N) is 1. The number of rotatable bonds is 5. The van der Waals surface area contributed by atoms with Crippen LogP contribution in [0.25, 0.3) is 5.82 Å². The Morgan fingerprint density at radius 1 is 1.26 bits per heavy atom. The molecule has 0 bridgehead atoms. The number of ether oxygens (including phenoxy) is 1. The zero-order valence-electron chi connectivity index (χ0n) is 12.5.